The third-order valence-corrected chi connectivity index (χ3v) is 5.71. The first-order valence-corrected chi connectivity index (χ1v) is 8.35. The summed E-state index contributed by atoms with van der Waals surface area (Å²) in [5.41, 5.74) is -0.0611. The second kappa shape index (κ2) is 5.79. The normalized spacial score (nSPS) is 16.3. The van der Waals surface area contributed by atoms with Gasteiger partial charge in [0.1, 0.15) is 0 Å². The molecule has 0 aromatic heterocycles. The summed E-state index contributed by atoms with van der Waals surface area (Å²) in [5, 5.41) is 8.36. The maximum atomic E-state index is 12.2. The summed E-state index contributed by atoms with van der Waals surface area (Å²) in [4.78, 5) is 10.9. The van der Waals surface area contributed by atoms with E-state index in [9.17, 15) is 13.2 Å². The van der Waals surface area contributed by atoms with Crippen LogP contribution in [0.1, 0.15) is 36.0 Å². The fourth-order valence-electron chi connectivity index (χ4n) is 2.22. The fourth-order valence-corrected chi connectivity index (χ4v) is 4.54. The summed E-state index contributed by atoms with van der Waals surface area (Å²) < 4.78 is 26.7. The van der Waals surface area contributed by atoms with E-state index in [1.807, 2.05) is 0 Å². The van der Waals surface area contributed by atoms with Crippen LogP contribution in [0.2, 0.25) is 10.0 Å². The van der Waals surface area contributed by atoms with Crippen LogP contribution in [0.5, 0.6) is 0 Å². The maximum absolute atomic E-state index is 12.2. The molecule has 0 unspecified atom stereocenters. The van der Waals surface area contributed by atoms with Crippen molar-refractivity contribution in [2.45, 2.75) is 30.9 Å². The van der Waals surface area contributed by atoms with Crippen LogP contribution in [0.3, 0.4) is 0 Å². The van der Waals surface area contributed by atoms with E-state index in [2.05, 4.69) is 4.72 Å². The molecule has 8 heteroatoms. The molecule has 0 atom stereocenters. The van der Waals surface area contributed by atoms with Crippen molar-refractivity contribution in [3.8, 4) is 0 Å². The highest BCUT2D eigenvalue weighted by molar-refractivity contribution is 7.93. The summed E-state index contributed by atoms with van der Waals surface area (Å²) in [7, 11) is -3.56. The minimum Gasteiger partial charge on any atom is -0.478 e. The third-order valence-electron chi connectivity index (χ3n) is 3.27. The summed E-state index contributed by atoms with van der Waals surface area (Å²) in [6, 6.07) is 2.34. The number of hydrogen-bond acceptors (Lipinski definition) is 3. The Bertz CT molecular complexity index is 616. The number of carboxylic acid groups (broad SMARTS) is 1. The Kier molecular flexibility index (Phi) is 4.46. The lowest BCUT2D eigenvalue weighted by Crippen LogP contribution is -2.25. The molecule has 1 saturated carbocycles. The number of hydrogen-bond donors (Lipinski definition) is 2. The molecule has 0 saturated heterocycles. The molecule has 2 rings (SSSR count). The zero-order valence-electron chi connectivity index (χ0n) is 10.4. The fraction of sp³-hybridized carbons (Fsp3) is 0.417. The van der Waals surface area contributed by atoms with Gasteiger partial charge < -0.3 is 5.11 Å². The van der Waals surface area contributed by atoms with E-state index in [1.54, 1.807) is 0 Å². The van der Waals surface area contributed by atoms with Crippen molar-refractivity contribution in [2.75, 3.05) is 4.72 Å². The summed E-state index contributed by atoms with van der Waals surface area (Å²) in [6.07, 6.45) is 2.98. The molecule has 0 spiro atoms. The van der Waals surface area contributed by atoms with E-state index in [-0.39, 0.29) is 21.3 Å². The van der Waals surface area contributed by atoms with E-state index in [0.717, 1.165) is 12.8 Å². The first-order chi connectivity index (χ1) is 9.31. The number of benzene rings is 1. The second-order valence-electron chi connectivity index (χ2n) is 4.67. The van der Waals surface area contributed by atoms with E-state index >= 15 is 0 Å². The van der Waals surface area contributed by atoms with Crippen molar-refractivity contribution in [3.05, 3.63) is 27.7 Å². The minimum absolute atomic E-state index is 0.0310. The van der Waals surface area contributed by atoms with E-state index in [1.165, 1.54) is 12.1 Å². The van der Waals surface area contributed by atoms with E-state index in [0.29, 0.717) is 12.8 Å². The molecule has 0 heterocycles. The van der Waals surface area contributed by atoms with Gasteiger partial charge in [-0.15, -0.1) is 0 Å². The highest BCUT2D eigenvalue weighted by atomic mass is 35.5. The average molecular weight is 338 g/mol. The molecule has 0 aliphatic heterocycles. The Labute approximate surface area is 126 Å². The quantitative estimate of drug-likeness (QED) is 0.882. The SMILES string of the molecule is O=C(O)c1cc(Cl)c(NS(=O)(=O)C2CCCC2)c(Cl)c1. The van der Waals surface area contributed by atoms with Gasteiger partial charge in [-0.1, -0.05) is 36.0 Å². The number of carbonyl (C=O) groups is 1. The predicted molar refractivity (Wildman–Crippen MR) is 78.2 cm³/mol. The van der Waals surface area contributed by atoms with Crippen LogP contribution >= 0.6 is 23.2 Å². The first-order valence-electron chi connectivity index (χ1n) is 6.05. The monoisotopic (exact) mass is 337 g/mol. The zero-order chi connectivity index (χ0) is 14.9. The third kappa shape index (κ3) is 3.19. The van der Waals surface area contributed by atoms with Gasteiger partial charge in [-0.25, -0.2) is 13.2 Å². The Morgan fingerprint density at radius 3 is 2.15 bits per heavy atom. The average Bonchev–Trinajstić information content (AvgIpc) is 2.88. The van der Waals surface area contributed by atoms with Crippen LogP contribution in [-0.4, -0.2) is 24.7 Å². The summed E-state index contributed by atoms with van der Waals surface area (Å²) >= 11 is 11.8. The molecule has 20 heavy (non-hydrogen) atoms. The van der Waals surface area contributed by atoms with Crippen molar-refractivity contribution < 1.29 is 18.3 Å². The molecule has 0 amide bonds. The van der Waals surface area contributed by atoms with Crippen LogP contribution < -0.4 is 4.72 Å². The van der Waals surface area contributed by atoms with Crippen molar-refractivity contribution in [1.82, 2.24) is 0 Å². The smallest absolute Gasteiger partial charge is 0.335 e. The summed E-state index contributed by atoms with van der Waals surface area (Å²) in [6.45, 7) is 0. The highest BCUT2D eigenvalue weighted by Crippen LogP contribution is 2.34. The van der Waals surface area contributed by atoms with Crippen LogP contribution in [0, 0.1) is 0 Å². The molecule has 1 fully saturated rings. The van der Waals surface area contributed by atoms with Crippen molar-refractivity contribution in [1.29, 1.82) is 0 Å². The van der Waals surface area contributed by atoms with Crippen molar-refractivity contribution in [3.63, 3.8) is 0 Å². The Morgan fingerprint density at radius 1 is 1.20 bits per heavy atom. The number of nitrogens with one attached hydrogen (secondary N) is 1. The molecule has 0 radical (unpaired) electrons. The van der Waals surface area contributed by atoms with E-state index in [4.69, 9.17) is 28.3 Å². The van der Waals surface area contributed by atoms with Crippen LogP contribution in [0.4, 0.5) is 5.69 Å². The Morgan fingerprint density at radius 2 is 1.70 bits per heavy atom. The lowest BCUT2D eigenvalue weighted by atomic mass is 10.2. The van der Waals surface area contributed by atoms with Gasteiger partial charge in [0, 0.05) is 0 Å². The number of sulfonamides is 1. The molecule has 5 nitrogen and oxygen atoms in total. The molecule has 1 aliphatic carbocycles. The van der Waals surface area contributed by atoms with E-state index < -0.39 is 21.2 Å². The molecular weight excluding hydrogens is 325 g/mol. The Balaban J connectivity index is 2.32. The Hall–Kier alpha value is -0.980. The molecular formula is C12H13Cl2NO4S. The number of anilines is 1. The van der Waals surface area contributed by atoms with Gasteiger partial charge in [0.25, 0.3) is 0 Å². The van der Waals surface area contributed by atoms with Gasteiger partial charge in [-0.2, -0.15) is 0 Å². The molecule has 110 valence electrons. The van der Waals surface area contributed by atoms with Gasteiger partial charge in [0.15, 0.2) is 0 Å². The summed E-state index contributed by atoms with van der Waals surface area (Å²) in [5.74, 6) is -1.18. The number of halogens is 2. The van der Waals surface area contributed by atoms with Crippen LogP contribution in [0.15, 0.2) is 12.1 Å². The number of rotatable bonds is 4. The van der Waals surface area contributed by atoms with Gasteiger partial charge in [0.05, 0.1) is 26.5 Å². The van der Waals surface area contributed by atoms with Gasteiger partial charge in [-0.05, 0) is 25.0 Å². The minimum atomic E-state index is -3.56. The van der Waals surface area contributed by atoms with Crippen LogP contribution in [0.25, 0.3) is 0 Å². The largest absolute Gasteiger partial charge is 0.478 e. The lowest BCUT2D eigenvalue weighted by molar-refractivity contribution is 0.0697. The molecule has 0 bridgehead atoms. The van der Waals surface area contributed by atoms with Gasteiger partial charge >= 0.3 is 5.97 Å². The number of carboxylic acids is 1. The molecule has 1 aromatic carbocycles. The number of aromatic carboxylic acids is 1. The highest BCUT2D eigenvalue weighted by Gasteiger charge is 2.30. The van der Waals surface area contributed by atoms with Crippen LogP contribution in [-0.2, 0) is 10.0 Å². The van der Waals surface area contributed by atoms with Gasteiger partial charge in [-0.3, -0.25) is 4.72 Å². The molecule has 1 aliphatic rings. The molecule has 1 aromatic rings. The topological polar surface area (TPSA) is 83.5 Å². The standard InChI is InChI=1S/C12H13Cl2NO4S/c13-9-5-7(12(16)17)6-10(14)11(9)15-20(18,19)8-3-1-2-4-8/h5-6,8,15H,1-4H2,(H,16,17). The van der Waals surface area contributed by atoms with Gasteiger partial charge in [0.2, 0.25) is 10.0 Å². The molecule has 2 N–H and O–H groups in total. The zero-order valence-corrected chi connectivity index (χ0v) is 12.7. The van der Waals surface area contributed by atoms with Crippen molar-refractivity contribution in [2.24, 2.45) is 0 Å². The first kappa shape index (κ1) is 15.4. The second-order valence-corrected chi connectivity index (χ2v) is 7.45. The predicted octanol–water partition coefficient (Wildman–Crippen LogP) is 3.38. The maximum Gasteiger partial charge on any atom is 0.335 e. The lowest BCUT2D eigenvalue weighted by Gasteiger charge is -2.15. The van der Waals surface area contributed by atoms with Crippen molar-refractivity contribution >= 4 is 44.9 Å².